The third-order valence-electron chi connectivity index (χ3n) is 3.55. The van der Waals surface area contributed by atoms with Gasteiger partial charge in [0.1, 0.15) is 11.3 Å². The number of hydrogen-bond donors (Lipinski definition) is 0. The summed E-state index contributed by atoms with van der Waals surface area (Å²) in [5, 5.41) is 2.12. The Labute approximate surface area is 126 Å². The summed E-state index contributed by atoms with van der Waals surface area (Å²) in [4.78, 5) is 12.4. The van der Waals surface area contributed by atoms with Crippen molar-refractivity contribution in [2.75, 3.05) is 6.79 Å². The van der Waals surface area contributed by atoms with E-state index in [-0.39, 0.29) is 6.79 Å². The quantitative estimate of drug-likeness (QED) is 0.532. The maximum atomic E-state index is 12.4. The number of para-hydroxylation sites is 1. The lowest BCUT2D eigenvalue weighted by atomic mass is 10.1. The second-order valence-corrected chi connectivity index (χ2v) is 4.94. The lowest BCUT2D eigenvalue weighted by molar-refractivity contribution is 0.0730. The van der Waals surface area contributed by atoms with Gasteiger partial charge in [0, 0.05) is 0 Å². The fourth-order valence-electron chi connectivity index (χ4n) is 2.48. The molecule has 0 radical (unpaired) electrons. The Balaban J connectivity index is 1.65. The van der Waals surface area contributed by atoms with Crippen LogP contribution in [0.1, 0.15) is 10.4 Å². The third-order valence-corrected chi connectivity index (χ3v) is 3.55. The van der Waals surface area contributed by atoms with Crippen LogP contribution < -0.4 is 14.2 Å². The molecule has 4 heteroatoms. The Kier molecular flexibility index (Phi) is 2.93. The maximum absolute atomic E-state index is 12.4. The first-order valence-electron chi connectivity index (χ1n) is 6.91. The number of ether oxygens (including phenoxy) is 3. The van der Waals surface area contributed by atoms with Crippen molar-refractivity contribution in [1.29, 1.82) is 0 Å². The molecule has 0 saturated carbocycles. The molecule has 22 heavy (non-hydrogen) atoms. The minimum absolute atomic E-state index is 0.121. The van der Waals surface area contributed by atoms with Crippen LogP contribution in [-0.2, 0) is 0 Å². The molecule has 0 aliphatic carbocycles. The number of benzene rings is 3. The molecule has 4 nitrogen and oxygen atoms in total. The van der Waals surface area contributed by atoms with Gasteiger partial charge in [-0.25, -0.2) is 4.79 Å². The van der Waals surface area contributed by atoms with Gasteiger partial charge in [0.2, 0.25) is 6.79 Å². The monoisotopic (exact) mass is 292 g/mol. The van der Waals surface area contributed by atoms with Crippen molar-refractivity contribution in [1.82, 2.24) is 0 Å². The van der Waals surface area contributed by atoms with Crippen molar-refractivity contribution < 1.29 is 19.0 Å². The van der Waals surface area contributed by atoms with E-state index in [1.807, 2.05) is 36.4 Å². The second-order valence-electron chi connectivity index (χ2n) is 4.94. The Bertz CT molecular complexity index is 870. The zero-order chi connectivity index (χ0) is 14.9. The molecule has 0 saturated heterocycles. The normalized spacial score (nSPS) is 12.4. The summed E-state index contributed by atoms with van der Waals surface area (Å²) < 4.78 is 16.1. The van der Waals surface area contributed by atoms with Crippen LogP contribution in [0.25, 0.3) is 10.8 Å². The fraction of sp³-hybridized carbons (Fsp3) is 0.0556. The lowest BCUT2D eigenvalue weighted by Crippen LogP contribution is -2.09. The summed E-state index contributed by atoms with van der Waals surface area (Å²) in [6.45, 7) is 0.121. The third kappa shape index (κ3) is 2.15. The summed E-state index contributed by atoms with van der Waals surface area (Å²) in [5.74, 6) is 1.04. The summed E-state index contributed by atoms with van der Waals surface area (Å²) in [6, 6.07) is 18.6. The van der Waals surface area contributed by atoms with Gasteiger partial charge in [0.25, 0.3) is 0 Å². The highest BCUT2D eigenvalue weighted by Crippen LogP contribution is 2.35. The molecule has 4 rings (SSSR count). The number of fused-ring (bicyclic) bond motifs is 2. The first-order valence-corrected chi connectivity index (χ1v) is 6.91. The summed E-state index contributed by atoms with van der Waals surface area (Å²) in [6.07, 6.45) is 0. The minimum Gasteiger partial charge on any atom is -0.454 e. The van der Waals surface area contributed by atoms with Crippen molar-refractivity contribution in [3.8, 4) is 17.2 Å². The molecule has 1 aliphatic heterocycles. The first kappa shape index (κ1) is 12.7. The zero-order valence-electron chi connectivity index (χ0n) is 11.6. The van der Waals surface area contributed by atoms with Gasteiger partial charge in [-0.3, -0.25) is 0 Å². The Morgan fingerprint density at radius 2 is 1.77 bits per heavy atom. The largest absolute Gasteiger partial charge is 0.454 e. The molecule has 0 spiro atoms. The highest BCUT2D eigenvalue weighted by Gasteiger charge is 2.23. The van der Waals surface area contributed by atoms with Crippen molar-refractivity contribution >= 4 is 16.7 Å². The van der Waals surface area contributed by atoms with E-state index in [1.54, 1.807) is 24.3 Å². The molecule has 0 fully saturated rings. The molecule has 0 amide bonds. The average molecular weight is 292 g/mol. The van der Waals surface area contributed by atoms with E-state index >= 15 is 0 Å². The smallest absolute Gasteiger partial charge is 0.347 e. The van der Waals surface area contributed by atoms with Crippen LogP contribution in [0.5, 0.6) is 17.2 Å². The molecule has 0 atom stereocenters. The van der Waals surface area contributed by atoms with E-state index in [0.29, 0.717) is 22.8 Å². The molecular formula is C18H12O4. The average Bonchev–Trinajstić information content (AvgIpc) is 3.03. The number of esters is 1. The van der Waals surface area contributed by atoms with Crippen LogP contribution >= 0.6 is 0 Å². The molecule has 0 unspecified atom stereocenters. The van der Waals surface area contributed by atoms with Crippen LogP contribution in [0.3, 0.4) is 0 Å². The van der Waals surface area contributed by atoms with Crippen molar-refractivity contribution in [2.24, 2.45) is 0 Å². The summed E-state index contributed by atoms with van der Waals surface area (Å²) >= 11 is 0. The number of carbonyl (C=O) groups excluding carboxylic acids is 1. The SMILES string of the molecule is O=C(Oc1ccc2ccccc2c1)c1cccc2c1OCO2. The van der Waals surface area contributed by atoms with Crippen molar-refractivity contribution in [3.05, 3.63) is 66.2 Å². The van der Waals surface area contributed by atoms with Crippen LogP contribution in [0.2, 0.25) is 0 Å². The topological polar surface area (TPSA) is 44.8 Å². The van der Waals surface area contributed by atoms with E-state index in [1.165, 1.54) is 0 Å². The van der Waals surface area contributed by atoms with Gasteiger partial charge in [0.05, 0.1) is 0 Å². The summed E-state index contributed by atoms with van der Waals surface area (Å²) in [7, 11) is 0. The molecule has 0 N–H and O–H groups in total. The highest BCUT2D eigenvalue weighted by atomic mass is 16.7. The molecule has 1 heterocycles. The van der Waals surface area contributed by atoms with E-state index < -0.39 is 5.97 Å². The van der Waals surface area contributed by atoms with Gasteiger partial charge in [-0.15, -0.1) is 0 Å². The number of carbonyl (C=O) groups is 1. The number of rotatable bonds is 2. The second kappa shape index (κ2) is 5.07. The molecule has 0 bridgehead atoms. The predicted octanol–water partition coefficient (Wildman–Crippen LogP) is 3.79. The molecule has 0 aromatic heterocycles. The molecule has 3 aromatic carbocycles. The van der Waals surface area contributed by atoms with Gasteiger partial charge in [-0.05, 0) is 35.0 Å². The highest BCUT2D eigenvalue weighted by molar-refractivity contribution is 5.95. The van der Waals surface area contributed by atoms with Gasteiger partial charge >= 0.3 is 5.97 Å². The fourth-order valence-corrected chi connectivity index (χ4v) is 2.48. The van der Waals surface area contributed by atoms with Crippen LogP contribution in [0, 0.1) is 0 Å². The van der Waals surface area contributed by atoms with Gasteiger partial charge < -0.3 is 14.2 Å². The number of hydrogen-bond acceptors (Lipinski definition) is 4. The van der Waals surface area contributed by atoms with E-state index in [2.05, 4.69) is 0 Å². The zero-order valence-corrected chi connectivity index (χ0v) is 11.6. The minimum atomic E-state index is -0.461. The standard InChI is InChI=1S/C18H12O4/c19-18(15-6-3-7-16-17(15)21-11-20-16)22-14-9-8-12-4-1-2-5-13(12)10-14/h1-10H,11H2. The lowest BCUT2D eigenvalue weighted by Gasteiger charge is -2.07. The van der Waals surface area contributed by atoms with E-state index in [4.69, 9.17) is 14.2 Å². The Morgan fingerprint density at radius 1 is 0.909 bits per heavy atom. The van der Waals surface area contributed by atoms with Crippen LogP contribution in [0.4, 0.5) is 0 Å². The van der Waals surface area contributed by atoms with Gasteiger partial charge in [-0.1, -0.05) is 36.4 Å². The Hall–Kier alpha value is -3.01. The van der Waals surface area contributed by atoms with Gasteiger partial charge in [0.15, 0.2) is 11.5 Å². The molecule has 3 aromatic rings. The van der Waals surface area contributed by atoms with Crippen LogP contribution in [0.15, 0.2) is 60.7 Å². The summed E-state index contributed by atoms with van der Waals surface area (Å²) in [5.41, 5.74) is 0.364. The van der Waals surface area contributed by atoms with Crippen LogP contribution in [-0.4, -0.2) is 12.8 Å². The van der Waals surface area contributed by atoms with Crippen molar-refractivity contribution in [3.63, 3.8) is 0 Å². The maximum Gasteiger partial charge on any atom is 0.347 e. The first-order chi connectivity index (χ1) is 10.8. The molecule has 1 aliphatic rings. The van der Waals surface area contributed by atoms with Gasteiger partial charge in [-0.2, -0.15) is 0 Å². The molecule has 108 valence electrons. The van der Waals surface area contributed by atoms with Crippen molar-refractivity contribution in [2.45, 2.75) is 0 Å². The van der Waals surface area contributed by atoms with E-state index in [0.717, 1.165) is 10.8 Å². The van der Waals surface area contributed by atoms with E-state index in [9.17, 15) is 4.79 Å². The Morgan fingerprint density at radius 3 is 2.68 bits per heavy atom. The predicted molar refractivity (Wildman–Crippen MR) is 81.5 cm³/mol. The molecular weight excluding hydrogens is 280 g/mol.